The van der Waals surface area contributed by atoms with E-state index in [2.05, 4.69) is 22.6 Å². The maximum Gasteiger partial charge on any atom is 0.162 e. The van der Waals surface area contributed by atoms with E-state index >= 15 is 0 Å². The highest BCUT2D eigenvalue weighted by Crippen LogP contribution is 2.24. The van der Waals surface area contributed by atoms with E-state index in [1.165, 1.54) is 6.92 Å². The van der Waals surface area contributed by atoms with Crippen molar-refractivity contribution in [2.75, 3.05) is 0 Å². The van der Waals surface area contributed by atoms with E-state index in [-0.39, 0.29) is 5.78 Å². The maximum absolute atomic E-state index is 11.1. The molecule has 1 rings (SSSR count). The highest BCUT2D eigenvalue weighted by Gasteiger charge is 2.09. The van der Waals surface area contributed by atoms with Crippen molar-refractivity contribution < 1.29 is 4.79 Å². The molecular weight excluding hydrogens is 286 g/mol. The minimum Gasteiger partial charge on any atom is -0.294 e. The predicted octanol–water partition coefficient (Wildman–Crippen LogP) is 3.46. The SMILES string of the molecule is CC(=O)c1c(Cl)cc(C)cc1I. The molecule has 1 nitrogen and oxygen atoms in total. The van der Waals surface area contributed by atoms with E-state index < -0.39 is 0 Å². The predicted molar refractivity (Wildman–Crippen MR) is 58.9 cm³/mol. The van der Waals surface area contributed by atoms with Crippen LogP contribution in [0.1, 0.15) is 22.8 Å². The van der Waals surface area contributed by atoms with Crippen LogP contribution in [0, 0.1) is 10.5 Å². The molecule has 0 aliphatic heterocycles. The first-order chi connectivity index (χ1) is 5.52. The summed E-state index contributed by atoms with van der Waals surface area (Å²) in [7, 11) is 0. The van der Waals surface area contributed by atoms with Crippen molar-refractivity contribution in [1.29, 1.82) is 0 Å². The first kappa shape index (κ1) is 9.99. The van der Waals surface area contributed by atoms with Gasteiger partial charge in [0.1, 0.15) is 0 Å². The van der Waals surface area contributed by atoms with Crippen LogP contribution in [0.15, 0.2) is 12.1 Å². The smallest absolute Gasteiger partial charge is 0.162 e. The monoisotopic (exact) mass is 294 g/mol. The first-order valence-electron chi connectivity index (χ1n) is 3.49. The van der Waals surface area contributed by atoms with Gasteiger partial charge >= 0.3 is 0 Å². The second kappa shape index (κ2) is 3.75. The Labute approximate surface area is 90.3 Å². The van der Waals surface area contributed by atoms with Crippen molar-refractivity contribution in [3.63, 3.8) is 0 Å². The largest absolute Gasteiger partial charge is 0.294 e. The summed E-state index contributed by atoms with van der Waals surface area (Å²) in [6.07, 6.45) is 0. The third-order valence-corrected chi connectivity index (χ3v) is 2.69. The number of benzene rings is 1. The molecule has 0 unspecified atom stereocenters. The number of halogens is 2. The van der Waals surface area contributed by atoms with E-state index in [0.29, 0.717) is 10.6 Å². The molecule has 0 saturated carbocycles. The zero-order chi connectivity index (χ0) is 9.30. The molecule has 0 atom stereocenters. The molecule has 0 fully saturated rings. The van der Waals surface area contributed by atoms with Crippen LogP contribution in [0.3, 0.4) is 0 Å². The normalized spacial score (nSPS) is 10.0. The molecule has 0 bridgehead atoms. The summed E-state index contributed by atoms with van der Waals surface area (Å²) in [5.41, 5.74) is 1.71. The van der Waals surface area contributed by atoms with E-state index in [4.69, 9.17) is 11.6 Å². The molecule has 0 aliphatic carbocycles. The van der Waals surface area contributed by atoms with Crippen molar-refractivity contribution in [3.05, 3.63) is 31.9 Å². The van der Waals surface area contributed by atoms with Crippen LogP contribution in [-0.4, -0.2) is 5.78 Å². The zero-order valence-corrected chi connectivity index (χ0v) is 9.73. The number of hydrogen-bond acceptors (Lipinski definition) is 1. The van der Waals surface area contributed by atoms with Gasteiger partial charge in [0.15, 0.2) is 5.78 Å². The summed E-state index contributed by atoms with van der Waals surface area (Å²) in [5, 5.41) is 0.548. The molecule has 12 heavy (non-hydrogen) atoms. The molecule has 3 heteroatoms. The van der Waals surface area contributed by atoms with Crippen molar-refractivity contribution >= 4 is 40.0 Å². The molecular formula is C9H8ClIO. The van der Waals surface area contributed by atoms with Gasteiger partial charge in [0, 0.05) is 9.13 Å². The summed E-state index contributed by atoms with van der Waals surface area (Å²) in [6.45, 7) is 3.48. The number of hydrogen-bond donors (Lipinski definition) is 0. The zero-order valence-electron chi connectivity index (χ0n) is 6.82. The number of carbonyl (C=O) groups is 1. The fourth-order valence-electron chi connectivity index (χ4n) is 1.04. The van der Waals surface area contributed by atoms with E-state index in [1.54, 1.807) is 6.07 Å². The van der Waals surface area contributed by atoms with Crippen LogP contribution < -0.4 is 0 Å². The highest BCUT2D eigenvalue weighted by molar-refractivity contribution is 14.1. The van der Waals surface area contributed by atoms with E-state index in [0.717, 1.165) is 9.13 Å². The van der Waals surface area contributed by atoms with Crippen LogP contribution in [-0.2, 0) is 0 Å². The number of rotatable bonds is 1. The lowest BCUT2D eigenvalue weighted by molar-refractivity contribution is 0.101. The Balaban J connectivity index is 3.38. The van der Waals surface area contributed by atoms with Crippen LogP contribution in [0.5, 0.6) is 0 Å². The second-order valence-electron chi connectivity index (χ2n) is 2.66. The Kier molecular flexibility index (Phi) is 3.12. The van der Waals surface area contributed by atoms with Gasteiger partial charge in [0.05, 0.1) is 5.02 Å². The Morgan fingerprint density at radius 2 is 2.08 bits per heavy atom. The molecule has 0 spiro atoms. The van der Waals surface area contributed by atoms with Gasteiger partial charge in [-0.15, -0.1) is 0 Å². The third-order valence-electron chi connectivity index (χ3n) is 1.54. The number of ketones is 1. The molecule has 1 aromatic rings. The average Bonchev–Trinajstić information content (AvgIpc) is 1.82. The number of carbonyl (C=O) groups excluding carboxylic acids is 1. The van der Waals surface area contributed by atoms with Crippen LogP contribution in [0.2, 0.25) is 5.02 Å². The van der Waals surface area contributed by atoms with Crippen molar-refractivity contribution in [2.24, 2.45) is 0 Å². The first-order valence-corrected chi connectivity index (χ1v) is 4.94. The quantitative estimate of drug-likeness (QED) is 0.573. The number of aryl methyl sites for hydroxylation is 1. The summed E-state index contributed by atoms with van der Waals surface area (Å²) in [5.74, 6) is 0.0180. The fraction of sp³-hybridized carbons (Fsp3) is 0.222. The van der Waals surface area contributed by atoms with Gasteiger partial charge in [-0.1, -0.05) is 11.6 Å². The minimum atomic E-state index is 0.0180. The van der Waals surface area contributed by atoms with Gasteiger partial charge < -0.3 is 0 Å². The maximum atomic E-state index is 11.1. The van der Waals surface area contributed by atoms with Crippen LogP contribution in [0.25, 0.3) is 0 Å². The van der Waals surface area contributed by atoms with Crippen LogP contribution >= 0.6 is 34.2 Å². The van der Waals surface area contributed by atoms with Crippen molar-refractivity contribution in [1.82, 2.24) is 0 Å². The van der Waals surface area contributed by atoms with Gasteiger partial charge in [-0.05, 0) is 54.1 Å². The molecule has 0 N–H and O–H groups in total. The Morgan fingerprint density at radius 3 is 2.50 bits per heavy atom. The molecule has 0 saturated heterocycles. The van der Waals surface area contributed by atoms with E-state index in [9.17, 15) is 4.79 Å². The van der Waals surface area contributed by atoms with Crippen LogP contribution in [0.4, 0.5) is 0 Å². The standard InChI is InChI=1S/C9H8ClIO/c1-5-3-7(10)9(6(2)12)8(11)4-5/h3-4H,1-2H3. The minimum absolute atomic E-state index is 0.0180. The molecule has 0 aromatic heterocycles. The lowest BCUT2D eigenvalue weighted by atomic mass is 10.1. The topological polar surface area (TPSA) is 17.1 Å². The molecule has 0 amide bonds. The van der Waals surface area contributed by atoms with Crippen molar-refractivity contribution in [3.8, 4) is 0 Å². The average molecular weight is 295 g/mol. The lowest BCUT2D eigenvalue weighted by Crippen LogP contribution is -1.97. The molecule has 1 aromatic carbocycles. The van der Waals surface area contributed by atoms with Gasteiger partial charge in [0.25, 0.3) is 0 Å². The van der Waals surface area contributed by atoms with Gasteiger partial charge in [-0.25, -0.2) is 0 Å². The molecule has 0 radical (unpaired) electrons. The Hall–Kier alpha value is -0.0900. The van der Waals surface area contributed by atoms with Crippen molar-refractivity contribution in [2.45, 2.75) is 13.8 Å². The molecule has 64 valence electrons. The summed E-state index contributed by atoms with van der Waals surface area (Å²) >= 11 is 8.03. The summed E-state index contributed by atoms with van der Waals surface area (Å²) < 4.78 is 0.921. The van der Waals surface area contributed by atoms with E-state index in [1.807, 2.05) is 13.0 Å². The second-order valence-corrected chi connectivity index (χ2v) is 4.23. The summed E-state index contributed by atoms with van der Waals surface area (Å²) in [4.78, 5) is 11.1. The highest BCUT2D eigenvalue weighted by atomic mass is 127. The van der Waals surface area contributed by atoms with Gasteiger partial charge in [0.2, 0.25) is 0 Å². The number of Topliss-reactive ketones (excluding diaryl/α,β-unsaturated/α-hetero) is 1. The third kappa shape index (κ3) is 1.98. The molecule has 0 aliphatic rings. The summed E-state index contributed by atoms with van der Waals surface area (Å²) in [6, 6.07) is 3.75. The Morgan fingerprint density at radius 1 is 1.50 bits per heavy atom. The van der Waals surface area contributed by atoms with Gasteiger partial charge in [-0.2, -0.15) is 0 Å². The fourth-order valence-corrected chi connectivity index (χ4v) is 2.76. The Bertz CT molecular complexity index is 310. The lowest BCUT2D eigenvalue weighted by Gasteiger charge is -2.04. The van der Waals surface area contributed by atoms with Gasteiger partial charge in [-0.3, -0.25) is 4.79 Å². The molecule has 0 heterocycles.